The van der Waals surface area contributed by atoms with Crippen LogP contribution in [0, 0.1) is 11.6 Å². The Morgan fingerprint density at radius 3 is 2.14 bits per heavy atom. The summed E-state index contributed by atoms with van der Waals surface area (Å²) in [5, 5.41) is 4.75. The Morgan fingerprint density at radius 2 is 1.51 bits per heavy atom. The molecule has 5 rings (SSSR count). The van der Waals surface area contributed by atoms with Gasteiger partial charge in [-0.25, -0.2) is 28.4 Å². The lowest BCUT2D eigenvalue weighted by atomic mass is 10.2. The molecule has 1 aliphatic rings. The van der Waals surface area contributed by atoms with E-state index in [1.165, 1.54) is 28.9 Å². The largest absolute Gasteiger partial charge is 0.353 e. The Balaban J connectivity index is 1.34. The SMILES string of the molecule is CCc1cc(N2CCN(C(=O)Cn3nc(-c4ccc(F)cc4)nc3-c3ccc(F)cc3)CC2)nc(Cl)n1. The summed E-state index contributed by atoms with van der Waals surface area (Å²) in [4.78, 5) is 30.2. The van der Waals surface area contributed by atoms with E-state index in [1.54, 1.807) is 29.2 Å². The van der Waals surface area contributed by atoms with Crippen molar-refractivity contribution in [2.45, 2.75) is 19.9 Å². The molecule has 0 spiro atoms. The number of rotatable bonds is 6. The standard InChI is InChI=1S/C26H24ClF2N7O/c1-2-21-15-22(31-26(27)30-21)34-11-13-35(14-12-34)23(37)16-36-25(18-5-9-20(29)10-6-18)32-24(33-36)17-3-7-19(28)8-4-17/h3-10,15H,2,11-14,16H2,1H3. The van der Waals surface area contributed by atoms with Crippen LogP contribution in [0.25, 0.3) is 22.8 Å². The number of hydrogen-bond donors (Lipinski definition) is 0. The van der Waals surface area contributed by atoms with Crippen molar-refractivity contribution >= 4 is 23.3 Å². The van der Waals surface area contributed by atoms with Gasteiger partial charge in [0, 0.05) is 49.1 Å². The third-order valence-corrected chi connectivity index (χ3v) is 6.39. The number of nitrogens with zero attached hydrogens (tertiary/aromatic N) is 7. The number of carbonyl (C=O) groups is 1. The van der Waals surface area contributed by atoms with Crippen LogP contribution in [0.15, 0.2) is 54.6 Å². The molecule has 11 heteroatoms. The molecule has 0 saturated carbocycles. The Morgan fingerprint density at radius 1 is 0.892 bits per heavy atom. The number of hydrogen-bond acceptors (Lipinski definition) is 6. The zero-order valence-electron chi connectivity index (χ0n) is 20.1. The summed E-state index contributed by atoms with van der Waals surface area (Å²) in [6.45, 7) is 4.18. The monoisotopic (exact) mass is 523 g/mol. The molecule has 1 saturated heterocycles. The van der Waals surface area contributed by atoms with E-state index in [-0.39, 0.29) is 29.4 Å². The van der Waals surface area contributed by atoms with Crippen molar-refractivity contribution in [1.82, 2.24) is 29.6 Å². The van der Waals surface area contributed by atoms with Gasteiger partial charge >= 0.3 is 0 Å². The summed E-state index contributed by atoms with van der Waals surface area (Å²) in [6, 6.07) is 13.6. The first kappa shape index (κ1) is 24.8. The number of anilines is 1. The fourth-order valence-electron chi connectivity index (χ4n) is 4.19. The normalized spacial score (nSPS) is 13.7. The smallest absolute Gasteiger partial charge is 0.244 e. The lowest BCUT2D eigenvalue weighted by Crippen LogP contribution is -2.50. The van der Waals surface area contributed by atoms with E-state index < -0.39 is 0 Å². The molecule has 37 heavy (non-hydrogen) atoms. The van der Waals surface area contributed by atoms with Crippen LogP contribution in [-0.4, -0.2) is 61.7 Å². The highest BCUT2D eigenvalue weighted by Crippen LogP contribution is 2.24. The van der Waals surface area contributed by atoms with Gasteiger partial charge < -0.3 is 9.80 Å². The van der Waals surface area contributed by atoms with Gasteiger partial charge in [0.25, 0.3) is 0 Å². The number of halogens is 3. The van der Waals surface area contributed by atoms with Crippen LogP contribution in [0.4, 0.5) is 14.6 Å². The van der Waals surface area contributed by atoms with Crippen molar-refractivity contribution in [3.63, 3.8) is 0 Å². The van der Waals surface area contributed by atoms with E-state index in [2.05, 4.69) is 25.0 Å². The maximum Gasteiger partial charge on any atom is 0.244 e. The second-order valence-corrected chi connectivity index (χ2v) is 8.98. The number of piperazine rings is 1. The number of aryl methyl sites for hydroxylation is 1. The van der Waals surface area contributed by atoms with Gasteiger partial charge in [-0.3, -0.25) is 4.79 Å². The predicted octanol–water partition coefficient (Wildman–Crippen LogP) is 4.24. The maximum absolute atomic E-state index is 13.5. The third kappa shape index (κ3) is 5.59. The van der Waals surface area contributed by atoms with Crippen LogP contribution in [-0.2, 0) is 17.8 Å². The summed E-state index contributed by atoms with van der Waals surface area (Å²) >= 11 is 6.08. The molecule has 2 aromatic carbocycles. The minimum Gasteiger partial charge on any atom is -0.353 e. The molecule has 4 aromatic rings. The Labute approximate surface area is 217 Å². The molecule has 0 unspecified atom stereocenters. The van der Waals surface area contributed by atoms with Crippen LogP contribution in [0.5, 0.6) is 0 Å². The van der Waals surface area contributed by atoms with Gasteiger partial charge in [-0.15, -0.1) is 5.10 Å². The summed E-state index contributed by atoms with van der Waals surface area (Å²) in [5.74, 6) is 0.666. The summed E-state index contributed by atoms with van der Waals surface area (Å²) in [5.41, 5.74) is 2.09. The van der Waals surface area contributed by atoms with Gasteiger partial charge in [-0.1, -0.05) is 6.92 Å². The maximum atomic E-state index is 13.5. The number of amides is 1. The molecule has 0 atom stereocenters. The number of carbonyl (C=O) groups excluding carboxylic acids is 1. The summed E-state index contributed by atoms with van der Waals surface area (Å²) < 4.78 is 28.4. The second-order valence-electron chi connectivity index (χ2n) is 8.64. The number of benzene rings is 2. The zero-order chi connectivity index (χ0) is 25.9. The van der Waals surface area contributed by atoms with E-state index >= 15 is 0 Å². The van der Waals surface area contributed by atoms with Crippen molar-refractivity contribution in [2.75, 3.05) is 31.1 Å². The predicted molar refractivity (Wildman–Crippen MR) is 136 cm³/mol. The van der Waals surface area contributed by atoms with Gasteiger partial charge in [0.05, 0.1) is 0 Å². The van der Waals surface area contributed by atoms with Crippen molar-refractivity contribution in [2.24, 2.45) is 0 Å². The van der Waals surface area contributed by atoms with E-state index in [4.69, 9.17) is 11.6 Å². The van der Waals surface area contributed by atoms with Crippen molar-refractivity contribution in [1.29, 1.82) is 0 Å². The molecular weight excluding hydrogens is 500 g/mol. The molecule has 0 bridgehead atoms. The van der Waals surface area contributed by atoms with E-state index in [0.717, 1.165) is 17.9 Å². The molecule has 1 amide bonds. The van der Waals surface area contributed by atoms with E-state index in [1.807, 2.05) is 13.0 Å². The summed E-state index contributed by atoms with van der Waals surface area (Å²) in [6.07, 6.45) is 0.752. The summed E-state index contributed by atoms with van der Waals surface area (Å²) in [7, 11) is 0. The van der Waals surface area contributed by atoms with E-state index in [9.17, 15) is 13.6 Å². The average molecular weight is 524 g/mol. The second kappa shape index (κ2) is 10.6. The van der Waals surface area contributed by atoms with Gasteiger partial charge in [-0.2, -0.15) is 0 Å². The Bertz CT molecular complexity index is 1400. The molecular formula is C26H24ClF2N7O. The van der Waals surface area contributed by atoms with Crippen LogP contribution >= 0.6 is 11.6 Å². The molecule has 1 fully saturated rings. The number of aromatic nitrogens is 5. The highest BCUT2D eigenvalue weighted by Gasteiger charge is 2.24. The van der Waals surface area contributed by atoms with Gasteiger partial charge in [0.2, 0.25) is 11.2 Å². The molecule has 0 aliphatic carbocycles. The highest BCUT2D eigenvalue weighted by molar-refractivity contribution is 6.28. The molecule has 0 N–H and O–H groups in total. The van der Waals surface area contributed by atoms with Gasteiger partial charge in [0.1, 0.15) is 24.0 Å². The van der Waals surface area contributed by atoms with Crippen LogP contribution < -0.4 is 4.90 Å². The van der Waals surface area contributed by atoms with Crippen LogP contribution in [0.1, 0.15) is 12.6 Å². The fraction of sp³-hybridized carbons (Fsp3) is 0.269. The van der Waals surface area contributed by atoms with Crippen LogP contribution in [0.2, 0.25) is 5.28 Å². The minimum absolute atomic E-state index is 0.0414. The average Bonchev–Trinajstić information content (AvgIpc) is 3.32. The Hall–Kier alpha value is -3.92. The van der Waals surface area contributed by atoms with Crippen molar-refractivity contribution in [3.8, 4) is 22.8 Å². The molecule has 2 aromatic heterocycles. The highest BCUT2D eigenvalue weighted by atomic mass is 35.5. The first-order chi connectivity index (χ1) is 17.9. The zero-order valence-corrected chi connectivity index (χ0v) is 20.9. The lowest BCUT2D eigenvalue weighted by Gasteiger charge is -2.35. The van der Waals surface area contributed by atoms with Crippen molar-refractivity contribution < 1.29 is 13.6 Å². The quantitative estimate of drug-likeness (QED) is 0.352. The van der Waals surface area contributed by atoms with Gasteiger partial charge in [-0.05, 0) is 66.6 Å². The molecule has 8 nitrogen and oxygen atoms in total. The third-order valence-electron chi connectivity index (χ3n) is 6.22. The fourth-order valence-corrected chi connectivity index (χ4v) is 4.39. The van der Waals surface area contributed by atoms with E-state index in [0.29, 0.717) is 49.0 Å². The molecule has 3 heterocycles. The van der Waals surface area contributed by atoms with Gasteiger partial charge in [0.15, 0.2) is 11.6 Å². The Kier molecular flexibility index (Phi) is 7.09. The van der Waals surface area contributed by atoms with Crippen LogP contribution in [0.3, 0.4) is 0 Å². The molecule has 0 radical (unpaired) electrons. The van der Waals surface area contributed by atoms with Crippen molar-refractivity contribution in [3.05, 3.63) is 77.2 Å². The topological polar surface area (TPSA) is 80.0 Å². The first-order valence-electron chi connectivity index (χ1n) is 11.9. The minimum atomic E-state index is -0.376. The molecule has 190 valence electrons. The lowest BCUT2D eigenvalue weighted by molar-refractivity contribution is -0.132. The molecule has 1 aliphatic heterocycles. The first-order valence-corrected chi connectivity index (χ1v) is 12.3.